The van der Waals surface area contributed by atoms with Gasteiger partial charge in [-0.1, -0.05) is 6.07 Å². The first kappa shape index (κ1) is 19.5. The molecule has 2 aromatic rings. The molecule has 2 heterocycles. The minimum absolute atomic E-state index is 0.227. The summed E-state index contributed by atoms with van der Waals surface area (Å²) in [6.07, 6.45) is 6.42. The lowest BCUT2D eigenvalue weighted by molar-refractivity contribution is -0.132. The zero-order chi connectivity index (χ0) is 20.2. The van der Waals surface area contributed by atoms with Gasteiger partial charge in [-0.25, -0.2) is 9.97 Å². The third-order valence-electron chi connectivity index (χ3n) is 5.89. The van der Waals surface area contributed by atoms with Crippen molar-refractivity contribution in [3.8, 4) is 11.5 Å². The molecule has 1 aliphatic heterocycles. The smallest absolute Gasteiger partial charge is 0.225 e. The van der Waals surface area contributed by atoms with E-state index in [4.69, 9.17) is 9.47 Å². The van der Waals surface area contributed by atoms with Crippen LogP contribution in [0.2, 0.25) is 0 Å². The van der Waals surface area contributed by atoms with Crippen LogP contribution in [0.5, 0.6) is 11.5 Å². The summed E-state index contributed by atoms with van der Waals surface area (Å²) in [5.74, 6) is 3.22. The number of anilines is 1. The van der Waals surface area contributed by atoms with E-state index in [1.54, 1.807) is 26.6 Å². The average molecular weight is 396 g/mol. The topological polar surface area (TPSA) is 67.8 Å². The molecular weight excluding hydrogens is 368 g/mol. The number of piperazine rings is 1. The molecule has 0 radical (unpaired) electrons. The average Bonchev–Trinajstić information content (AvgIpc) is 3.63. The van der Waals surface area contributed by atoms with Gasteiger partial charge in [-0.2, -0.15) is 0 Å². The van der Waals surface area contributed by atoms with Gasteiger partial charge in [0.1, 0.15) is 0 Å². The first-order chi connectivity index (χ1) is 14.2. The predicted molar refractivity (Wildman–Crippen MR) is 110 cm³/mol. The number of ether oxygens (including phenoxy) is 2. The second-order valence-corrected chi connectivity index (χ2v) is 7.68. The molecule has 29 heavy (non-hydrogen) atoms. The van der Waals surface area contributed by atoms with Gasteiger partial charge in [-0.05, 0) is 48.4 Å². The van der Waals surface area contributed by atoms with Gasteiger partial charge in [0.05, 0.1) is 14.2 Å². The van der Waals surface area contributed by atoms with E-state index in [2.05, 4.69) is 20.9 Å². The molecule has 1 unspecified atom stereocenters. The fourth-order valence-corrected chi connectivity index (χ4v) is 4.07. The zero-order valence-electron chi connectivity index (χ0n) is 17.1. The van der Waals surface area contributed by atoms with Gasteiger partial charge in [-0.3, -0.25) is 4.79 Å². The van der Waals surface area contributed by atoms with Crippen LogP contribution in [0, 0.1) is 5.92 Å². The molecule has 0 spiro atoms. The molecule has 1 amide bonds. The van der Waals surface area contributed by atoms with E-state index in [1.165, 1.54) is 12.8 Å². The van der Waals surface area contributed by atoms with Gasteiger partial charge in [0, 0.05) is 45.0 Å². The van der Waals surface area contributed by atoms with E-state index in [0.717, 1.165) is 36.1 Å². The lowest BCUT2D eigenvalue weighted by atomic mass is 9.90. The molecule has 1 aromatic heterocycles. The maximum atomic E-state index is 13.1. The molecule has 7 heteroatoms. The Kier molecular flexibility index (Phi) is 5.83. The van der Waals surface area contributed by atoms with Gasteiger partial charge >= 0.3 is 0 Å². The Labute approximate surface area is 171 Å². The molecule has 0 N–H and O–H groups in total. The van der Waals surface area contributed by atoms with E-state index >= 15 is 0 Å². The highest BCUT2D eigenvalue weighted by Crippen LogP contribution is 2.46. The summed E-state index contributed by atoms with van der Waals surface area (Å²) in [6, 6.07) is 7.85. The monoisotopic (exact) mass is 396 g/mol. The fourth-order valence-electron chi connectivity index (χ4n) is 4.07. The molecule has 1 aliphatic carbocycles. The third-order valence-corrected chi connectivity index (χ3v) is 5.89. The number of carbonyl (C=O) groups is 1. The van der Waals surface area contributed by atoms with Crippen molar-refractivity contribution in [1.29, 1.82) is 0 Å². The molecule has 2 fully saturated rings. The van der Waals surface area contributed by atoms with Crippen LogP contribution in [0.25, 0.3) is 0 Å². The van der Waals surface area contributed by atoms with Crippen LogP contribution in [-0.2, 0) is 4.79 Å². The normalized spacial score (nSPS) is 17.7. The Morgan fingerprint density at radius 2 is 1.76 bits per heavy atom. The van der Waals surface area contributed by atoms with Gasteiger partial charge in [0.15, 0.2) is 11.5 Å². The second-order valence-electron chi connectivity index (χ2n) is 7.68. The van der Waals surface area contributed by atoms with Crippen molar-refractivity contribution in [1.82, 2.24) is 14.9 Å². The molecular formula is C22H28N4O3. The number of carbonyl (C=O) groups excluding carboxylic acids is 1. The molecule has 1 aromatic carbocycles. The first-order valence-corrected chi connectivity index (χ1v) is 10.2. The summed E-state index contributed by atoms with van der Waals surface area (Å²) < 4.78 is 10.8. The Bertz CT molecular complexity index is 833. The minimum atomic E-state index is 0.227. The lowest BCUT2D eigenvalue weighted by Gasteiger charge is -2.35. The van der Waals surface area contributed by atoms with Crippen LogP contribution in [0.1, 0.15) is 30.7 Å². The van der Waals surface area contributed by atoms with Crippen LogP contribution < -0.4 is 14.4 Å². The highest BCUT2D eigenvalue weighted by Gasteiger charge is 2.35. The molecule has 4 rings (SSSR count). The number of hydrogen-bond acceptors (Lipinski definition) is 6. The molecule has 7 nitrogen and oxygen atoms in total. The maximum Gasteiger partial charge on any atom is 0.225 e. The summed E-state index contributed by atoms with van der Waals surface area (Å²) in [4.78, 5) is 25.8. The number of benzene rings is 1. The van der Waals surface area contributed by atoms with E-state index in [-0.39, 0.29) is 11.8 Å². The second kappa shape index (κ2) is 8.68. The SMILES string of the molecule is COc1ccc(C(CC(=O)N2CCN(c3ncccn3)CC2)C2CC2)cc1OC. The highest BCUT2D eigenvalue weighted by atomic mass is 16.5. The Hall–Kier alpha value is -2.83. The summed E-state index contributed by atoms with van der Waals surface area (Å²) >= 11 is 0. The van der Waals surface area contributed by atoms with Crippen molar-refractivity contribution in [2.45, 2.75) is 25.2 Å². The Morgan fingerprint density at radius 3 is 2.38 bits per heavy atom. The summed E-state index contributed by atoms with van der Waals surface area (Å²) in [5.41, 5.74) is 1.16. The van der Waals surface area contributed by atoms with Crippen molar-refractivity contribution >= 4 is 11.9 Å². The molecule has 154 valence electrons. The van der Waals surface area contributed by atoms with Crippen molar-refractivity contribution in [3.63, 3.8) is 0 Å². The van der Waals surface area contributed by atoms with Crippen molar-refractivity contribution in [2.24, 2.45) is 5.92 Å². The number of hydrogen-bond donors (Lipinski definition) is 0. The molecule has 1 saturated carbocycles. The number of aromatic nitrogens is 2. The van der Waals surface area contributed by atoms with E-state index in [9.17, 15) is 4.79 Å². The number of methoxy groups -OCH3 is 2. The van der Waals surface area contributed by atoms with Crippen LogP contribution in [0.15, 0.2) is 36.7 Å². The van der Waals surface area contributed by atoms with E-state index in [1.807, 2.05) is 23.1 Å². The summed E-state index contributed by atoms with van der Waals surface area (Å²) in [7, 11) is 3.29. The predicted octanol–water partition coefficient (Wildman–Crippen LogP) is 2.73. The third kappa shape index (κ3) is 4.44. The van der Waals surface area contributed by atoms with Crippen LogP contribution in [0.4, 0.5) is 5.95 Å². The molecule has 1 saturated heterocycles. The van der Waals surface area contributed by atoms with Gasteiger partial charge in [-0.15, -0.1) is 0 Å². The number of rotatable bonds is 7. The summed E-state index contributed by atoms with van der Waals surface area (Å²) in [5, 5.41) is 0. The Morgan fingerprint density at radius 1 is 1.07 bits per heavy atom. The largest absolute Gasteiger partial charge is 0.493 e. The van der Waals surface area contributed by atoms with Crippen molar-refractivity contribution in [2.75, 3.05) is 45.3 Å². The lowest BCUT2D eigenvalue weighted by Crippen LogP contribution is -2.49. The highest BCUT2D eigenvalue weighted by molar-refractivity contribution is 5.77. The quantitative estimate of drug-likeness (QED) is 0.717. The van der Waals surface area contributed by atoms with Crippen molar-refractivity contribution < 1.29 is 14.3 Å². The molecule has 0 bridgehead atoms. The van der Waals surface area contributed by atoms with E-state index < -0.39 is 0 Å². The molecule has 1 atom stereocenters. The molecule has 2 aliphatic rings. The number of nitrogens with zero attached hydrogens (tertiary/aromatic N) is 4. The van der Waals surface area contributed by atoms with Gasteiger partial charge in [0.25, 0.3) is 0 Å². The maximum absolute atomic E-state index is 13.1. The van der Waals surface area contributed by atoms with Crippen LogP contribution in [0.3, 0.4) is 0 Å². The van der Waals surface area contributed by atoms with Gasteiger partial charge < -0.3 is 19.3 Å². The van der Waals surface area contributed by atoms with E-state index in [0.29, 0.717) is 25.4 Å². The first-order valence-electron chi connectivity index (χ1n) is 10.2. The zero-order valence-corrected chi connectivity index (χ0v) is 17.1. The summed E-state index contributed by atoms with van der Waals surface area (Å²) in [6.45, 7) is 2.95. The van der Waals surface area contributed by atoms with Crippen LogP contribution in [-0.4, -0.2) is 61.2 Å². The standard InChI is InChI=1S/C22H28N4O3/c1-28-19-7-6-17(14-20(19)29-2)18(16-4-5-16)15-21(27)25-10-12-26(13-11-25)22-23-8-3-9-24-22/h3,6-9,14,16,18H,4-5,10-13,15H2,1-2H3. The Balaban J connectivity index is 1.40. The minimum Gasteiger partial charge on any atom is -0.493 e. The van der Waals surface area contributed by atoms with Crippen molar-refractivity contribution in [3.05, 3.63) is 42.2 Å². The van der Waals surface area contributed by atoms with Gasteiger partial charge in [0.2, 0.25) is 11.9 Å². The van der Waals surface area contributed by atoms with Crippen LogP contribution >= 0.6 is 0 Å². The number of amides is 1. The fraction of sp³-hybridized carbons (Fsp3) is 0.500.